The van der Waals surface area contributed by atoms with Crippen molar-refractivity contribution in [2.75, 3.05) is 12.1 Å². The lowest BCUT2D eigenvalue weighted by molar-refractivity contribution is 0.0693. The quantitative estimate of drug-likeness (QED) is 0.485. The zero-order valence-corrected chi connectivity index (χ0v) is 13.4. The first-order chi connectivity index (χ1) is 11.9. The van der Waals surface area contributed by atoms with Gasteiger partial charge in [-0.05, 0) is 48.6 Å². The maximum atomic E-state index is 12.2. The molecule has 2 aromatic carbocycles. The Hall–Kier alpha value is -3.33. The van der Waals surface area contributed by atoms with Crippen molar-refractivity contribution >= 4 is 34.9 Å². The number of ether oxygens (including phenoxy) is 2. The van der Waals surface area contributed by atoms with E-state index < -0.39 is 11.9 Å². The minimum absolute atomic E-state index is 0.0234. The number of hydrogen-bond acceptors (Lipinski definition) is 6. The van der Waals surface area contributed by atoms with E-state index in [0.29, 0.717) is 22.7 Å². The number of hydrogen-bond donors (Lipinski definition) is 4. The second-order valence-corrected chi connectivity index (χ2v) is 5.42. The van der Waals surface area contributed by atoms with Gasteiger partial charge in [0.2, 0.25) is 6.79 Å². The number of benzene rings is 2. The van der Waals surface area contributed by atoms with E-state index in [1.807, 2.05) is 0 Å². The lowest BCUT2D eigenvalue weighted by Crippen LogP contribution is -2.34. The van der Waals surface area contributed by atoms with Crippen molar-refractivity contribution in [2.45, 2.75) is 0 Å². The van der Waals surface area contributed by atoms with Crippen molar-refractivity contribution in [2.24, 2.45) is 0 Å². The van der Waals surface area contributed by atoms with Gasteiger partial charge in [-0.3, -0.25) is 10.1 Å². The largest absolute Gasteiger partial charge is 0.507 e. The van der Waals surface area contributed by atoms with Crippen LogP contribution in [0.25, 0.3) is 0 Å². The van der Waals surface area contributed by atoms with E-state index in [4.69, 9.17) is 26.8 Å². The summed E-state index contributed by atoms with van der Waals surface area (Å²) in [7, 11) is 0. The highest BCUT2D eigenvalue weighted by atomic mass is 32.1. The van der Waals surface area contributed by atoms with Gasteiger partial charge in [0.15, 0.2) is 16.6 Å². The SMILES string of the molecule is O=C(NC(=S)Nc1ccc(O)c(C(=O)O)c1)c1ccc2c(c1)OCO2. The van der Waals surface area contributed by atoms with E-state index in [-0.39, 0.29) is 23.2 Å². The van der Waals surface area contributed by atoms with Crippen LogP contribution in [0.2, 0.25) is 0 Å². The molecule has 1 amide bonds. The zero-order chi connectivity index (χ0) is 18.0. The summed E-state index contributed by atoms with van der Waals surface area (Å²) in [5.41, 5.74) is 0.353. The van der Waals surface area contributed by atoms with Crippen LogP contribution >= 0.6 is 12.2 Å². The first-order valence-corrected chi connectivity index (χ1v) is 7.43. The Bertz CT molecular complexity index is 883. The number of nitrogens with one attached hydrogen (secondary N) is 2. The molecule has 1 heterocycles. The van der Waals surface area contributed by atoms with Gasteiger partial charge < -0.3 is 25.0 Å². The van der Waals surface area contributed by atoms with Gasteiger partial charge in [-0.25, -0.2) is 4.79 Å². The minimum Gasteiger partial charge on any atom is -0.507 e. The maximum Gasteiger partial charge on any atom is 0.339 e. The van der Waals surface area contributed by atoms with Crippen molar-refractivity contribution in [3.8, 4) is 17.2 Å². The van der Waals surface area contributed by atoms with E-state index in [1.54, 1.807) is 12.1 Å². The molecule has 3 rings (SSSR count). The van der Waals surface area contributed by atoms with Crippen LogP contribution in [0.4, 0.5) is 5.69 Å². The molecule has 9 heteroatoms. The number of carbonyl (C=O) groups is 2. The summed E-state index contributed by atoms with van der Waals surface area (Å²) in [4.78, 5) is 23.2. The molecule has 0 radical (unpaired) electrons. The summed E-state index contributed by atoms with van der Waals surface area (Å²) in [5, 5.41) is 23.6. The number of fused-ring (bicyclic) bond motifs is 1. The van der Waals surface area contributed by atoms with E-state index in [9.17, 15) is 14.7 Å². The van der Waals surface area contributed by atoms with E-state index in [0.717, 1.165) is 0 Å². The van der Waals surface area contributed by atoms with Gasteiger partial charge in [-0.1, -0.05) is 0 Å². The molecule has 0 saturated carbocycles. The molecule has 1 aliphatic rings. The molecule has 0 aliphatic carbocycles. The van der Waals surface area contributed by atoms with E-state index >= 15 is 0 Å². The van der Waals surface area contributed by atoms with E-state index in [2.05, 4.69) is 10.6 Å². The standard InChI is InChI=1S/C16H12N2O6S/c19-11-3-2-9(6-10(11)15(21)22)17-16(25)18-14(20)8-1-4-12-13(5-8)24-7-23-12/h1-6,19H,7H2,(H,21,22)(H2,17,18,20,25). The molecule has 0 bridgehead atoms. The smallest absolute Gasteiger partial charge is 0.339 e. The third kappa shape index (κ3) is 3.61. The fraction of sp³-hybridized carbons (Fsp3) is 0.0625. The predicted molar refractivity (Wildman–Crippen MR) is 91.3 cm³/mol. The molecular weight excluding hydrogens is 348 g/mol. The fourth-order valence-corrected chi connectivity index (χ4v) is 2.37. The lowest BCUT2D eigenvalue weighted by atomic mass is 10.2. The number of carboxylic acid groups (broad SMARTS) is 1. The van der Waals surface area contributed by atoms with Gasteiger partial charge in [-0.15, -0.1) is 0 Å². The molecule has 0 unspecified atom stereocenters. The van der Waals surface area contributed by atoms with Gasteiger partial charge >= 0.3 is 5.97 Å². The summed E-state index contributed by atoms with van der Waals surface area (Å²) in [6.45, 7) is 0.104. The van der Waals surface area contributed by atoms with Crippen molar-refractivity contribution in [3.63, 3.8) is 0 Å². The van der Waals surface area contributed by atoms with Crippen LogP contribution < -0.4 is 20.1 Å². The van der Waals surface area contributed by atoms with Crippen LogP contribution in [0.3, 0.4) is 0 Å². The number of carboxylic acids is 1. The number of phenols is 1. The first kappa shape index (κ1) is 16.5. The van der Waals surface area contributed by atoms with Crippen LogP contribution in [0, 0.1) is 0 Å². The lowest BCUT2D eigenvalue weighted by Gasteiger charge is -2.11. The van der Waals surface area contributed by atoms with Crippen molar-refractivity contribution < 1.29 is 29.3 Å². The fourth-order valence-electron chi connectivity index (χ4n) is 2.16. The van der Waals surface area contributed by atoms with Crippen LogP contribution in [0.5, 0.6) is 17.2 Å². The Morgan fingerprint density at radius 2 is 1.84 bits per heavy atom. The average Bonchev–Trinajstić information content (AvgIpc) is 3.03. The summed E-state index contributed by atoms with van der Waals surface area (Å²) in [6.07, 6.45) is 0. The van der Waals surface area contributed by atoms with Gasteiger partial charge in [-0.2, -0.15) is 0 Å². The minimum atomic E-state index is -1.28. The third-order valence-electron chi connectivity index (χ3n) is 3.35. The van der Waals surface area contributed by atoms with Crippen LogP contribution in [-0.2, 0) is 0 Å². The van der Waals surface area contributed by atoms with Crippen molar-refractivity contribution in [1.29, 1.82) is 0 Å². The monoisotopic (exact) mass is 360 g/mol. The summed E-state index contributed by atoms with van der Waals surface area (Å²) < 4.78 is 10.4. The van der Waals surface area contributed by atoms with Gasteiger partial charge in [0, 0.05) is 11.3 Å². The molecule has 0 spiro atoms. The number of aromatic carboxylic acids is 1. The van der Waals surface area contributed by atoms with Gasteiger partial charge in [0.25, 0.3) is 5.91 Å². The highest BCUT2D eigenvalue weighted by Crippen LogP contribution is 2.32. The Morgan fingerprint density at radius 3 is 2.60 bits per heavy atom. The highest BCUT2D eigenvalue weighted by Gasteiger charge is 2.17. The summed E-state index contributed by atoms with van der Waals surface area (Å²) >= 11 is 5.04. The maximum absolute atomic E-state index is 12.2. The van der Waals surface area contributed by atoms with Gasteiger partial charge in [0.05, 0.1) is 0 Å². The number of aromatic hydroxyl groups is 1. The number of anilines is 1. The molecule has 0 fully saturated rings. The molecule has 4 N–H and O–H groups in total. The molecule has 0 atom stereocenters. The highest BCUT2D eigenvalue weighted by molar-refractivity contribution is 7.80. The Kier molecular flexibility index (Phi) is 4.40. The first-order valence-electron chi connectivity index (χ1n) is 7.02. The predicted octanol–water partition coefficient (Wildman–Crippen LogP) is 1.95. The van der Waals surface area contributed by atoms with Crippen LogP contribution in [0.1, 0.15) is 20.7 Å². The summed E-state index contributed by atoms with van der Waals surface area (Å²) in [5.74, 6) is -1.09. The van der Waals surface area contributed by atoms with Crippen LogP contribution in [-0.4, -0.2) is 34.0 Å². The Balaban J connectivity index is 1.67. The van der Waals surface area contributed by atoms with Crippen molar-refractivity contribution in [1.82, 2.24) is 5.32 Å². The normalized spacial score (nSPS) is 11.7. The molecule has 1 aliphatic heterocycles. The van der Waals surface area contributed by atoms with Crippen LogP contribution in [0.15, 0.2) is 36.4 Å². The van der Waals surface area contributed by atoms with Crippen molar-refractivity contribution in [3.05, 3.63) is 47.5 Å². The number of rotatable bonds is 3. The van der Waals surface area contributed by atoms with Gasteiger partial charge in [0.1, 0.15) is 11.3 Å². The molecule has 0 saturated heterocycles. The Labute approximate surface area is 147 Å². The van der Waals surface area contributed by atoms with E-state index in [1.165, 1.54) is 24.3 Å². The second-order valence-electron chi connectivity index (χ2n) is 5.01. The second kappa shape index (κ2) is 6.65. The molecule has 8 nitrogen and oxygen atoms in total. The molecule has 2 aromatic rings. The number of carbonyl (C=O) groups excluding carboxylic acids is 1. The molecule has 128 valence electrons. The Morgan fingerprint density at radius 1 is 1.08 bits per heavy atom. The zero-order valence-electron chi connectivity index (χ0n) is 12.6. The number of thiocarbonyl (C=S) groups is 1. The third-order valence-corrected chi connectivity index (χ3v) is 3.55. The number of amides is 1. The molecular formula is C16H12N2O6S. The topological polar surface area (TPSA) is 117 Å². The molecule has 0 aromatic heterocycles. The molecule has 25 heavy (non-hydrogen) atoms. The average molecular weight is 360 g/mol. The summed E-state index contributed by atoms with van der Waals surface area (Å²) in [6, 6.07) is 8.57.